The van der Waals surface area contributed by atoms with Crippen LogP contribution in [0.15, 0.2) is 41.3 Å². The van der Waals surface area contributed by atoms with Crippen LogP contribution in [-0.2, 0) is 4.79 Å². The average Bonchev–Trinajstić information content (AvgIpc) is 2.35. The summed E-state index contributed by atoms with van der Waals surface area (Å²) < 4.78 is 0. The second-order valence-corrected chi connectivity index (χ2v) is 5.30. The standard InChI is InChI=1S/C14H15NO2S/c1-9-5-6-10-3-2-4-13(11(10)7-9)18-8-12(15)14(16)17/h2-7,12H,8,15H2,1H3,(H,16,17)/t12-/m0/s1. The van der Waals surface area contributed by atoms with Gasteiger partial charge in [0.1, 0.15) is 6.04 Å². The van der Waals surface area contributed by atoms with Crippen LogP contribution in [0.4, 0.5) is 0 Å². The molecule has 3 N–H and O–H groups in total. The molecular weight excluding hydrogens is 246 g/mol. The molecule has 2 rings (SSSR count). The van der Waals surface area contributed by atoms with Gasteiger partial charge in [0.05, 0.1) is 0 Å². The van der Waals surface area contributed by atoms with Crippen molar-refractivity contribution in [3.8, 4) is 0 Å². The molecule has 0 bridgehead atoms. The minimum absolute atomic E-state index is 0.377. The number of rotatable bonds is 4. The number of nitrogens with two attached hydrogens (primary N) is 1. The number of aliphatic carboxylic acids is 1. The summed E-state index contributed by atoms with van der Waals surface area (Å²) in [6, 6.07) is 11.5. The van der Waals surface area contributed by atoms with Gasteiger partial charge in [-0.2, -0.15) is 0 Å². The van der Waals surface area contributed by atoms with Gasteiger partial charge in [-0.1, -0.05) is 35.9 Å². The van der Waals surface area contributed by atoms with Crippen molar-refractivity contribution in [1.82, 2.24) is 0 Å². The number of aryl methyl sites for hydroxylation is 1. The fourth-order valence-corrected chi connectivity index (χ4v) is 2.74. The molecule has 1 atom stereocenters. The fourth-order valence-electron chi connectivity index (χ4n) is 1.73. The van der Waals surface area contributed by atoms with Gasteiger partial charge >= 0.3 is 5.97 Å². The summed E-state index contributed by atoms with van der Waals surface area (Å²) in [5.41, 5.74) is 6.71. The largest absolute Gasteiger partial charge is 0.480 e. The summed E-state index contributed by atoms with van der Waals surface area (Å²) in [4.78, 5) is 11.8. The Morgan fingerprint density at radius 2 is 2.17 bits per heavy atom. The fraction of sp³-hybridized carbons (Fsp3) is 0.214. The molecular formula is C14H15NO2S. The lowest BCUT2D eigenvalue weighted by Crippen LogP contribution is -2.32. The van der Waals surface area contributed by atoms with E-state index in [9.17, 15) is 4.79 Å². The van der Waals surface area contributed by atoms with Crippen LogP contribution < -0.4 is 5.73 Å². The van der Waals surface area contributed by atoms with Gasteiger partial charge in [-0.3, -0.25) is 4.79 Å². The second kappa shape index (κ2) is 5.42. The molecule has 0 saturated carbocycles. The zero-order valence-electron chi connectivity index (χ0n) is 10.1. The van der Waals surface area contributed by atoms with Crippen LogP contribution in [0.5, 0.6) is 0 Å². The smallest absolute Gasteiger partial charge is 0.321 e. The van der Waals surface area contributed by atoms with E-state index < -0.39 is 12.0 Å². The molecule has 3 nitrogen and oxygen atoms in total. The Hall–Kier alpha value is -1.52. The van der Waals surface area contributed by atoms with Gasteiger partial charge in [-0.25, -0.2) is 0 Å². The molecule has 0 fully saturated rings. The molecule has 0 aromatic heterocycles. The lowest BCUT2D eigenvalue weighted by molar-refractivity contribution is -0.137. The summed E-state index contributed by atoms with van der Waals surface area (Å²) in [6.07, 6.45) is 0. The molecule has 0 heterocycles. The monoisotopic (exact) mass is 261 g/mol. The Morgan fingerprint density at radius 3 is 2.89 bits per heavy atom. The molecule has 0 spiro atoms. The topological polar surface area (TPSA) is 63.3 Å². The molecule has 0 saturated heterocycles. The Morgan fingerprint density at radius 1 is 1.39 bits per heavy atom. The van der Waals surface area contributed by atoms with E-state index in [0.29, 0.717) is 5.75 Å². The molecule has 2 aromatic carbocycles. The number of hydrogen-bond donors (Lipinski definition) is 2. The molecule has 0 aliphatic carbocycles. The number of hydrogen-bond acceptors (Lipinski definition) is 3. The van der Waals surface area contributed by atoms with E-state index in [1.165, 1.54) is 17.3 Å². The number of carbonyl (C=O) groups is 1. The van der Waals surface area contributed by atoms with Gasteiger partial charge < -0.3 is 10.8 Å². The normalized spacial score (nSPS) is 12.6. The van der Waals surface area contributed by atoms with Crippen LogP contribution >= 0.6 is 11.8 Å². The van der Waals surface area contributed by atoms with Crippen molar-refractivity contribution in [1.29, 1.82) is 0 Å². The molecule has 2 aromatic rings. The summed E-state index contributed by atoms with van der Waals surface area (Å²) in [5, 5.41) is 11.1. The lowest BCUT2D eigenvalue weighted by atomic mass is 10.1. The Labute approximate surface area is 110 Å². The first-order valence-corrected chi connectivity index (χ1v) is 6.67. The summed E-state index contributed by atoms with van der Waals surface area (Å²) in [7, 11) is 0. The molecule has 94 valence electrons. The predicted molar refractivity (Wildman–Crippen MR) is 75.0 cm³/mol. The van der Waals surface area contributed by atoms with Crippen LogP contribution in [0.1, 0.15) is 5.56 Å². The first kappa shape index (κ1) is 12.9. The minimum atomic E-state index is -0.959. The highest BCUT2D eigenvalue weighted by Crippen LogP contribution is 2.28. The third-order valence-corrected chi connectivity index (χ3v) is 3.93. The first-order valence-electron chi connectivity index (χ1n) is 5.68. The van der Waals surface area contributed by atoms with Crippen molar-refractivity contribution in [2.24, 2.45) is 5.73 Å². The number of benzene rings is 2. The van der Waals surface area contributed by atoms with Gasteiger partial charge in [0.15, 0.2) is 0 Å². The Bertz CT molecular complexity index is 583. The van der Waals surface area contributed by atoms with Crippen molar-refractivity contribution >= 4 is 28.5 Å². The van der Waals surface area contributed by atoms with Gasteiger partial charge in [-0.05, 0) is 23.8 Å². The number of fused-ring (bicyclic) bond motifs is 1. The maximum Gasteiger partial charge on any atom is 0.321 e. The van der Waals surface area contributed by atoms with E-state index in [2.05, 4.69) is 24.3 Å². The molecule has 4 heteroatoms. The summed E-state index contributed by atoms with van der Waals surface area (Å²) in [6.45, 7) is 2.05. The van der Waals surface area contributed by atoms with E-state index in [-0.39, 0.29) is 0 Å². The van der Waals surface area contributed by atoms with Crippen LogP contribution in [0.2, 0.25) is 0 Å². The third-order valence-electron chi connectivity index (χ3n) is 2.73. The molecule has 0 amide bonds. The predicted octanol–water partition coefficient (Wildman–Crippen LogP) is 2.65. The molecule has 0 unspecified atom stereocenters. The van der Waals surface area contributed by atoms with Gasteiger partial charge in [-0.15, -0.1) is 11.8 Å². The van der Waals surface area contributed by atoms with Crippen molar-refractivity contribution in [2.45, 2.75) is 17.9 Å². The highest BCUT2D eigenvalue weighted by Gasteiger charge is 2.12. The molecule has 0 aliphatic rings. The quantitative estimate of drug-likeness (QED) is 0.830. The SMILES string of the molecule is Cc1ccc2cccc(SC[C@H](N)C(=O)O)c2c1. The zero-order chi connectivity index (χ0) is 13.1. The van der Waals surface area contributed by atoms with E-state index in [4.69, 9.17) is 10.8 Å². The lowest BCUT2D eigenvalue weighted by Gasteiger charge is -2.09. The van der Waals surface area contributed by atoms with E-state index >= 15 is 0 Å². The van der Waals surface area contributed by atoms with Crippen molar-refractivity contribution in [3.63, 3.8) is 0 Å². The zero-order valence-corrected chi connectivity index (χ0v) is 10.9. The Balaban J connectivity index is 2.27. The van der Waals surface area contributed by atoms with Crippen LogP contribution in [0.25, 0.3) is 10.8 Å². The van der Waals surface area contributed by atoms with E-state index in [0.717, 1.165) is 15.7 Å². The maximum atomic E-state index is 10.7. The molecule has 18 heavy (non-hydrogen) atoms. The Kier molecular flexibility index (Phi) is 3.89. The van der Waals surface area contributed by atoms with E-state index in [1.807, 2.05) is 19.1 Å². The molecule has 0 aliphatic heterocycles. The van der Waals surface area contributed by atoms with Crippen molar-refractivity contribution in [3.05, 3.63) is 42.0 Å². The van der Waals surface area contributed by atoms with Gasteiger partial charge in [0, 0.05) is 10.6 Å². The minimum Gasteiger partial charge on any atom is -0.480 e. The van der Waals surface area contributed by atoms with Crippen molar-refractivity contribution < 1.29 is 9.90 Å². The van der Waals surface area contributed by atoms with Crippen molar-refractivity contribution in [2.75, 3.05) is 5.75 Å². The number of carboxylic acid groups (broad SMARTS) is 1. The van der Waals surface area contributed by atoms with Gasteiger partial charge in [0.25, 0.3) is 0 Å². The first-order chi connectivity index (χ1) is 8.58. The second-order valence-electron chi connectivity index (χ2n) is 4.24. The number of carboxylic acids is 1. The molecule has 0 radical (unpaired) electrons. The van der Waals surface area contributed by atoms with Gasteiger partial charge in [0.2, 0.25) is 0 Å². The third kappa shape index (κ3) is 2.83. The van der Waals surface area contributed by atoms with Crippen LogP contribution in [0.3, 0.4) is 0 Å². The highest BCUT2D eigenvalue weighted by atomic mass is 32.2. The van der Waals surface area contributed by atoms with Crippen LogP contribution in [-0.4, -0.2) is 22.9 Å². The summed E-state index contributed by atoms with van der Waals surface area (Å²) in [5.74, 6) is -0.582. The van der Waals surface area contributed by atoms with Crippen LogP contribution in [0, 0.1) is 6.92 Å². The number of thioether (sulfide) groups is 1. The van der Waals surface area contributed by atoms with E-state index in [1.54, 1.807) is 0 Å². The maximum absolute atomic E-state index is 10.7. The average molecular weight is 261 g/mol. The summed E-state index contributed by atoms with van der Waals surface area (Å²) >= 11 is 1.49. The highest BCUT2D eigenvalue weighted by molar-refractivity contribution is 7.99.